The molecular weight excluding hydrogens is 522 g/mol. The number of tetrazole rings is 1. The first-order chi connectivity index (χ1) is 20.6. The lowest BCUT2D eigenvalue weighted by molar-refractivity contribution is 0.193. The summed E-state index contributed by atoms with van der Waals surface area (Å²) in [6.07, 6.45) is 4.40. The lowest BCUT2D eigenvalue weighted by Gasteiger charge is -2.31. The van der Waals surface area contributed by atoms with E-state index in [1.54, 1.807) is 6.20 Å². The fourth-order valence-corrected chi connectivity index (χ4v) is 5.52. The lowest BCUT2D eigenvalue weighted by Crippen LogP contribution is -2.35. The van der Waals surface area contributed by atoms with Crippen molar-refractivity contribution in [3.05, 3.63) is 153 Å². The second-order valence-electron chi connectivity index (χ2n) is 10.7. The molecule has 1 atom stereocenters. The van der Waals surface area contributed by atoms with Crippen molar-refractivity contribution >= 4 is 10.9 Å². The standard InChI is InChI=1S/C34H33N7O/c1-24-15-16-25(2)31-29(24)20-30(34(42)36-31)32(33-37-38-39-41(33)19-17-26-10-5-3-6-11-26)40(22-27-12-7-4-8-13-27)23-28-14-9-18-35-21-28/h3-16,18,20-21,32H,17,19,22-23H2,1-2H3,(H,36,42)/t32-/m0/s1. The van der Waals surface area contributed by atoms with Gasteiger partial charge in [0, 0.05) is 43.0 Å². The fourth-order valence-electron chi connectivity index (χ4n) is 5.52. The van der Waals surface area contributed by atoms with Crippen molar-refractivity contribution < 1.29 is 0 Å². The zero-order valence-electron chi connectivity index (χ0n) is 23.8. The maximum Gasteiger partial charge on any atom is 0.253 e. The molecule has 0 aliphatic rings. The Bertz CT molecular complexity index is 1790. The molecule has 0 bridgehead atoms. The van der Waals surface area contributed by atoms with Gasteiger partial charge in [-0.1, -0.05) is 78.9 Å². The molecule has 3 heterocycles. The second-order valence-corrected chi connectivity index (χ2v) is 10.7. The number of fused-ring (bicyclic) bond motifs is 1. The number of hydrogen-bond acceptors (Lipinski definition) is 6. The SMILES string of the molecule is Cc1ccc(C)c2[nH]c(=O)c([C@@H](c3nnnn3CCc3ccccc3)N(Cc3ccccc3)Cc3cccnc3)cc12. The van der Waals surface area contributed by atoms with Crippen LogP contribution >= 0.6 is 0 Å². The highest BCUT2D eigenvalue weighted by atomic mass is 16.1. The summed E-state index contributed by atoms with van der Waals surface area (Å²) in [5.74, 6) is 0.626. The molecule has 0 saturated carbocycles. The third-order valence-corrected chi connectivity index (χ3v) is 7.73. The predicted octanol–water partition coefficient (Wildman–Crippen LogP) is 5.56. The van der Waals surface area contributed by atoms with E-state index in [0.717, 1.165) is 39.6 Å². The van der Waals surface area contributed by atoms with Crippen molar-refractivity contribution in [3.8, 4) is 0 Å². The molecule has 8 nitrogen and oxygen atoms in total. The average molecular weight is 556 g/mol. The van der Waals surface area contributed by atoms with E-state index in [2.05, 4.69) is 73.7 Å². The number of aromatic nitrogens is 6. The molecule has 42 heavy (non-hydrogen) atoms. The van der Waals surface area contributed by atoms with Gasteiger partial charge >= 0.3 is 0 Å². The highest BCUT2D eigenvalue weighted by Crippen LogP contribution is 2.31. The van der Waals surface area contributed by atoms with Crippen LogP contribution in [0, 0.1) is 13.8 Å². The van der Waals surface area contributed by atoms with Gasteiger partial charge in [-0.15, -0.1) is 5.10 Å². The van der Waals surface area contributed by atoms with Gasteiger partial charge in [-0.25, -0.2) is 4.68 Å². The van der Waals surface area contributed by atoms with Crippen LogP contribution in [0.1, 0.15) is 45.2 Å². The van der Waals surface area contributed by atoms with E-state index in [0.29, 0.717) is 31.0 Å². The van der Waals surface area contributed by atoms with Gasteiger partial charge in [0.25, 0.3) is 5.56 Å². The minimum atomic E-state index is -0.524. The number of aromatic amines is 1. The van der Waals surface area contributed by atoms with Crippen molar-refractivity contribution in [1.82, 2.24) is 35.1 Å². The molecule has 0 aliphatic heterocycles. The van der Waals surface area contributed by atoms with Gasteiger partial charge in [-0.05, 0) is 70.6 Å². The van der Waals surface area contributed by atoms with Gasteiger partial charge in [-0.3, -0.25) is 14.7 Å². The topological polar surface area (TPSA) is 92.6 Å². The van der Waals surface area contributed by atoms with Crippen LogP contribution < -0.4 is 5.56 Å². The molecular formula is C34H33N7O. The van der Waals surface area contributed by atoms with Crippen LogP contribution in [0.25, 0.3) is 10.9 Å². The molecule has 0 amide bonds. The van der Waals surface area contributed by atoms with Crippen molar-refractivity contribution in [2.45, 2.75) is 45.9 Å². The Kier molecular flexibility index (Phi) is 7.96. The molecule has 3 aromatic carbocycles. The van der Waals surface area contributed by atoms with Crippen LogP contribution in [-0.4, -0.2) is 35.1 Å². The van der Waals surface area contributed by atoms with Crippen LogP contribution in [0.3, 0.4) is 0 Å². The molecule has 1 N–H and O–H groups in total. The van der Waals surface area contributed by atoms with Crippen molar-refractivity contribution in [3.63, 3.8) is 0 Å². The zero-order chi connectivity index (χ0) is 28.9. The van der Waals surface area contributed by atoms with E-state index < -0.39 is 6.04 Å². The molecule has 6 aromatic rings. The summed E-state index contributed by atoms with van der Waals surface area (Å²) in [5, 5.41) is 14.1. The lowest BCUT2D eigenvalue weighted by atomic mass is 9.98. The average Bonchev–Trinajstić information content (AvgIpc) is 3.48. The van der Waals surface area contributed by atoms with Gasteiger partial charge in [-0.2, -0.15) is 0 Å². The van der Waals surface area contributed by atoms with Gasteiger partial charge in [0.1, 0.15) is 6.04 Å². The van der Waals surface area contributed by atoms with Crippen molar-refractivity contribution in [1.29, 1.82) is 0 Å². The Labute approximate surface area is 244 Å². The van der Waals surface area contributed by atoms with Crippen LogP contribution in [-0.2, 0) is 26.1 Å². The number of hydrogen-bond donors (Lipinski definition) is 1. The molecule has 210 valence electrons. The van der Waals surface area contributed by atoms with Gasteiger partial charge in [0.2, 0.25) is 0 Å². The number of rotatable bonds is 10. The predicted molar refractivity (Wildman–Crippen MR) is 164 cm³/mol. The van der Waals surface area contributed by atoms with Crippen molar-refractivity contribution in [2.24, 2.45) is 0 Å². The third-order valence-electron chi connectivity index (χ3n) is 7.73. The van der Waals surface area contributed by atoms with E-state index in [1.165, 1.54) is 5.56 Å². The Morgan fingerprint density at radius 2 is 1.52 bits per heavy atom. The maximum atomic E-state index is 14.0. The molecule has 0 fully saturated rings. The van der Waals surface area contributed by atoms with E-state index in [4.69, 9.17) is 0 Å². The summed E-state index contributed by atoms with van der Waals surface area (Å²) >= 11 is 0. The highest BCUT2D eigenvalue weighted by molar-refractivity contribution is 5.85. The van der Waals surface area contributed by atoms with Crippen LogP contribution in [0.5, 0.6) is 0 Å². The smallest absolute Gasteiger partial charge is 0.253 e. The minimum absolute atomic E-state index is 0.150. The largest absolute Gasteiger partial charge is 0.321 e. The van der Waals surface area contributed by atoms with E-state index >= 15 is 0 Å². The maximum absolute atomic E-state index is 14.0. The summed E-state index contributed by atoms with van der Waals surface area (Å²) < 4.78 is 1.84. The first-order valence-electron chi connectivity index (χ1n) is 14.2. The molecule has 0 spiro atoms. The monoisotopic (exact) mass is 555 g/mol. The Morgan fingerprint density at radius 1 is 0.833 bits per heavy atom. The number of H-pyrrole nitrogens is 1. The molecule has 0 unspecified atom stereocenters. The summed E-state index contributed by atoms with van der Waals surface area (Å²) in [6.45, 7) is 5.79. The normalized spacial score (nSPS) is 12.2. The number of aryl methyl sites for hydroxylation is 4. The van der Waals surface area contributed by atoms with Crippen LogP contribution in [0.4, 0.5) is 0 Å². The quantitative estimate of drug-likeness (QED) is 0.238. The van der Waals surface area contributed by atoms with E-state index in [1.807, 2.05) is 72.4 Å². The fraction of sp³-hybridized carbons (Fsp3) is 0.206. The highest BCUT2D eigenvalue weighted by Gasteiger charge is 2.31. The summed E-state index contributed by atoms with van der Waals surface area (Å²) in [5.41, 5.74) is 6.78. The third kappa shape index (κ3) is 5.89. The summed E-state index contributed by atoms with van der Waals surface area (Å²) in [7, 11) is 0. The number of benzene rings is 3. The van der Waals surface area contributed by atoms with Gasteiger partial charge < -0.3 is 4.98 Å². The van der Waals surface area contributed by atoms with Gasteiger partial charge in [0.05, 0.1) is 5.52 Å². The second kappa shape index (κ2) is 12.3. The minimum Gasteiger partial charge on any atom is -0.321 e. The molecule has 0 radical (unpaired) electrons. The molecule has 6 rings (SSSR count). The number of nitrogens with zero attached hydrogens (tertiary/aromatic N) is 6. The number of pyridine rings is 2. The Morgan fingerprint density at radius 3 is 2.26 bits per heavy atom. The van der Waals surface area contributed by atoms with Crippen molar-refractivity contribution in [2.75, 3.05) is 0 Å². The van der Waals surface area contributed by atoms with Gasteiger partial charge in [0.15, 0.2) is 5.82 Å². The van der Waals surface area contributed by atoms with E-state index in [-0.39, 0.29) is 5.56 Å². The Hall–Kier alpha value is -4.95. The molecule has 0 saturated heterocycles. The first-order valence-corrected chi connectivity index (χ1v) is 14.2. The summed E-state index contributed by atoms with van der Waals surface area (Å²) in [6, 6.07) is 30.2. The van der Waals surface area contributed by atoms with Crippen LogP contribution in [0.2, 0.25) is 0 Å². The Balaban J connectivity index is 1.51. The molecule has 0 aliphatic carbocycles. The molecule has 8 heteroatoms. The number of nitrogens with one attached hydrogen (secondary N) is 1. The molecule has 3 aromatic heterocycles. The summed E-state index contributed by atoms with van der Waals surface area (Å²) in [4.78, 5) is 23.8. The first kappa shape index (κ1) is 27.2. The van der Waals surface area contributed by atoms with Crippen LogP contribution in [0.15, 0.2) is 108 Å². The van der Waals surface area contributed by atoms with E-state index in [9.17, 15) is 4.79 Å². The zero-order valence-corrected chi connectivity index (χ0v) is 23.8.